The molecule has 0 unspecified atom stereocenters. The van der Waals surface area contributed by atoms with Gasteiger partial charge in [0.2, 0.25) is 26.0 Å². The molecule has 178 valence electrons. The Labute approximate surface area is 194 Å². The van der Waals surface area contributed by atoms with E-state index < -0.39 is 20.0 Å². The molecule has 2 heterocycles. The smallest absolute Gasteiger partial charge is 0.243 e. The minimum absolute atomic E-state index is 0.0684. The van der Waals surface area contributed by atoms with Gasteiger partial charge in [0.15, 0.2) is 0 Å². The number of carbonyl (C=O) groups excluding carboxylic acids is 1. The first-order chi connectivity index (χ1) is 15.8. The van der Waals surface area contributed by atoms with E-state index in [9.17, 15) is 21.6 Å². The molecule has 2 aliphatic heterocycles. The average Bonchev–Trinajstić information content (AvgIpc) is 3.53. The van der Waals surface area contributed by atoms with Gasteiger partial charge in [-0.15, -0.1) is 0 Å². The molecule has 2 aromatic rings. The van der Waals surface area contributed by atoms with Crippen molar-refractivity contribution in [2.45, 2.75) is 35.5 Å². The van der Waals surface area contributed by atoms with Gasteiger partial charge in [0.1, 0.15) is 0 Å². The maximum atomic E-state index is 12.7. The predicted molar refractivity (Wildman–Crippen MR) is 126 cm³/mol. The van der Waals surface area contributed by atoms with Gasteiger partial charge in [0.25, 0.3) is 0 Å². The van der Waals surface area contributed by atoms with E-state index in [1.165, 1.54) is 26.8 Å². The number of anilines is 2. The van der Waals surface area contributed by atoms with Crippen LogP contribution in [0.25, 0.3) is 0 Å². The summed E-state index contributed by atoms with van der Waals surface area (Å²) in [5.41, 5.74) is 1.00. The minimum Gasteiger partial charge on any atom is -0.376 e. The monoisotopic (exact) mass is 492 g/mol. The Hall–Kier alpha value is -2.47. The van der Waals surface area contributed by atoms with Gasteiger partial charge in [0, 0.05) is 37.6 Å². The van der Waals surface area contributed by atoms with Gasteiger partial charge in [0.05, 0.1) is 16.3 Å². The van der Waals surface area contributed by atoms with Gasteiger partial charge >= 0.3 is 0 Å². The lowest BCUT2D eigenvalue weighted by atomic mass is 10.3. The van der Waals surface area contributed by atoms with Gasteiger partial charge in [-0.05, 0) is 68.1 Å². The van der Waals surface area contributed by atoms with Crippen molar-refractivity contribution in [2.24, 2.45) is 0 Å². The zero-order chi connectivity index (χ0) is 23.5. The molecule has 2 fully saturated rings. The quantitative estimate of drug-likeness (QED) is 0.584. The second-order valence-corrected chi connectivity index (χ2v) is 12.1. The van der Waals surface area contributed by atoms with Crippen LogP contribution in [0.5, 0.6) is 0 Å². The van der Waals surface area contributed by atoms with E-state index in [0.29, 0.717) is 37.6 Å². The third kappa shape index (κ3) is 5.37. The Kier molecular flexibility index (Phi) is 7.03. The normalized spacial score (nSPS) is 17.8. The van der Waals surface area contributed by atoms with E-state index in [2.05, 4.69) is 10.6 Å². The fraction of sp³-hybridized carbons (Fsp3) is 0.409. The molecule has 0 aliphatic carbocycles. The third-order valence-corrected chi connectivity index (χ3v) is 9.64. The van der Waals surface area contributed by atoms with Crippen LogP contribution in [0.3, 0.4) is 0 Å². The number of hydrogen-bond donors (Lipinski definition) is 2. The first kappa shape index (κ1) is 23.7. The van der Waals surface area contributed by atoms with Crippen LogP contribution in [-0.2, 0) is 24.8 Å². The van der Waals surface area contributed by atoms with Crippen molar-refractivity contribution in [1.82, 2.24) is 8.61 Å². The number of benzene rings is 2. The maximum Gasteiger partial charge on any atom is 0.243 e. The van der Waals surface area contributed by atoms with Crippen LogP contribution >= 0.6 is 0 Å². The van der Waals surface area contributed by atoms with Crippen LogP contribution in [0.4, 0.5) is 11.4 Å². The molecule has 4 rings (SSSR count). The van der Waals surface area contributed by atoms with E-state index in [1.807, 2.05) is 0 Å². The molecular formula is C22H28N4O5S2. The number of sulfonamides is 2. The Morgan fingerprint density at radius 1 is 0.727 bits per heavy atom. The fourth-order valence-corrected chi connectivity index (χ4v) is 7.10. The van der Waals surface area contributed by atoms with E-state index in [-0.39, 0.29) is 22.2 Å². The topological polar surface area (TPSA) is 116 Å². The van der Waals surface area contributed by atoms with Crippen LogP contribution in [0.1, 0.15) is 25.7 Å². The summed E-state index contributed by atoms with van der Waals surface area (Å²) in [7, 11) is -7.03. The fourth-order valence-electron chi connectivity index (χ4n) is 4.02. The maximum absolute atomic E-state index is 12.7. The number of carbonyl (C=O) groups is 1. The molecule has 2 aliphatic rings. The van der Waals surface area contributed by atoms with Gasteiger partial charge in [-0.1, -0.05) is 6.07 Å². The van der Waals surface area contributed by atoms with Crippen molar-refractivity contribution in [3.8, 4) is 0 Å². The second-order valence-electron chi connectivity index (χ2n) is 8.18. The standard InChI is InChI=1S/C22H28N4O5S2/c27-22(24-18-8-10-20(11-9-18)32(28,29)25-12-1-2-13-25)17-23-19-6-5-7-21(16-19)33(30,31)26-14-3-4-15-26/h5-11,16,23H,1-4,12-15,17H2,(H,24,27). The summed E-state index contributed by atoms with van der Waals surface area (Å²) < 4.78 is 53.6. The lowest BCUT2D eigenvalue weighted by molar-refractivity contribution is -0.114. The number of rotatable bonds is 8. The first-order valence-corrected chi connectivity index (χ1v) is 13.9. The lowest BCUT2D eigenvalue weighted by Gasteiger charge is -2.16. The van der Waals surface area contributed by atoms with Crippen molar-refractivity contribution in [3.63, 3.8) is 0 Å². The highest BCUT2D eigenvalue weighted by atomic mass is 32.2. The molecule has 0 spiro atoms. The largest absolute Gasteiger partial charge is 0.376 e. The summed E-state index contributed by atoms with van der Waals surface area (Å²) in [6.07, 6.45) is 3.46. The Morgan fingerprint density at radius 3 is 1.85 bits per heavy atom. The number of amides is 1. The van der Waals surface area contributed by atoms with Gasteiger partial charge in [-0.2, -0.15) is 8.61 Å². The zero-order valence-electron chi connectivity index (χ0n) is 18.2. The van der Waals surface area contributed by atoms with Gasteiger partial charge < -0.3 is 10.6 Å². The Morgan fingerprint density at radius 2 is 1.27 bits per heavy atom. The molecule has 1 amide bonds. The summed E-state index contributed by atoms with van der Waals surface area (Å²) in [6, 6.07) is 12.5. The van der Waals surface area contributed by atoms with Crippen molar-refractivity contribution in [1.29, 1.82) is 0 Å². The molecule has 0 atom stereocenters. The molecular weight excluding hydrogens is 464 g/mol. The minimum atomic E-state index is -3.53. The van der Waals surface area contributed by atoms with Crippen LogP contribution in [-0.4, -0.2) is 64.1 Å². The summed E-state index contributed by atoms with van der Waals surface area (Å²) in [5, 5.41) is 5.66. The first-order valence-electron chi connectivity index (χ1n) is 11.0. The van der Waals surface area contributed by atoms with E-state index in [4.69, 9.17) is 0 Å². The number of nitrogens with zero attached hydrogens (tertiary/aromatic N) is 2. The van der Waals surface area contributed by atoms with Crippen LogP contribution in [0.2, 0.25) is 0 Å². The molecule has 33 heavy (non-hydrogen) atoms. The van der Waals surface area contributed by atoms with Crippen molar-refractivity contribution >= 4 is 37.3 Å². The van der Waals surface area contributed by atoms with E-state index in [1.54, 1.807) is 30.3 Å². The van der Waals surface area contributed by atoms with Crippen molar-refractivity contribution < 1.29 is 21.6 Å². The molecule has 0 bridgehead atoms. The molecule has 2 aromatic carbocycles. The molecule has 0 radical (unpaired) electrons. The summed E-state index contributed by atoms with van der Waals surface area (Å²) in [5.74, 6) is -0.335. The van der Waals surface area contributed by atoms with Crippen LogP contribution in [0, 0.1) is 0 Å². The van der Waals surface area contributed by atoms with Crippen molar-refractivity contribution in [3.05, 3.63) is 48.5 Å². The summed E-state index contributed by atoms with van der Waals surface area (Å²) in [6.45, 7) is 2.06. The highest BCUT2D eigenvalue weighted by molar-refractivity contribution is 7.89. The highest BCUT2D eigenvalue weighted by Crippen LogP contribution is 2.24. The molecule has 2 N–H and O–H groups in total. The van der Waals surface area contributed by atoms with Crippen LogP contribution < -0.4 is 10.6 Å². The highest BCUT2D eigenvalue weighted by Gasteiger charge is 2.28. The van der Waals surface area contributed by atoms with Crippen molar-refractivity contribution in [2.75, 3.05) is 43.4 Å². The molecule has 9 nitrogen and oxygen atoms in total. The SMILES string of the molecule is O=C(CNc1cccc(S(=O)(=O)N2CCCC2)c1)Nc1ccc(S(=O)(=O)N2CCCC2)cc1. The summed E-state index contributed by atoms with van der Waals surface area (Å²) >= 11 is 0. The zero-order valence-corrected chi connectivity index (χ0v) is 19.9. The summed E-state index contributed by atoms with van der Waals surface area (Å²) in [4.78, 5) is 12.7. The third-order valence-electron chi connectivity index (χ3n) is 5.83. The Balaban J connectivity index is 1.34. The lowest BCUT2D eigenvalue weighted by Crippen LogP contribution is -2.28. The van der Waals surface area contributed by atoms with E-state index >= 15 is 0 Å². The average molecular weight is 493 g/mol. The molecule has 0 saturated carbocycles. The predicted octanol–water partition coefficient (Wildman–Crippen LogP) is 2.31. The van der Waals surface area contributed by atoms with E-state index in [0.717, 1.165) is 25.7 Å². The number of nitrogens with one attached hydrogen (secondary N) is 2. The molecule has 11 heteroatoms. The number of hydrogen-bond acceptors (Lipinski definition) is 6. The Bertz CT molecular complexity index is 1200. The molecule has 0 aromatic heterocycles. The van der Waals surface area contributed by atoms with Gasteiger partial charge in [-0.3, -0.25) is 4.79 Å². The second kappa shape index (κ2) is 9.80. The van der Waals surface area contributed by atoms with Crippen LogP contribution in [0.15, 0.2) is 58.3 Å². The van der Waals surface area contributed by atoms with Gasteiger partial charge in [-0.25, -0.2) is 16.8 Å². The molecule has 2 saturated heterocycles.